The number of aromatic nitrogens is 1. The second-order valence-electron chi connectivity index (χ2n) is 2.58. The predicted octanol–water partition coefficient (Wildman–Crippen LogP) is 1.76. The molecule has 0 bridgehead atoms. The van der Waals surface area contributed by atoms with Crippen LogP contribution >= 0.6 is 0 Å². The Morgan fingerprint density at radius 2 is 2.31 bits per heavy atom. The summed E-state index contributed by atoms with van der Waals surface area (Å²) >= 11 is 0. The Morgan fingerprint density at radius 1 is 1.62 bits per heavy atom. The summed E-state index contributed by atoms with van der Waals surface area (Å²) in [5.74, 6) is -2.99. The average molecular weight is 186 g/mol. The van der Waals surface area contributed by atoms with Crippen molar-refractivity contribution >= 4 is 12.1 Å². The van der Waals surface area contributed by atoms with Gasteiger partial charge in [0.15, 0.2) is 0 Å². The molecule has 0 atom stereocenters. The lowest BCUT2D eigenvalue weighted by Crippen LogP contribution is -2.10. The molecule has 13 heavy (non-hydrogen) atoms. The normalized spacial score (nSPS) is 11.0. The van der Waals surface area contributed by atoms with Crippen molar-refractivity contribution < 1.29 is 13.6 Å². The third-order valence-electron chi connectivity index (χ3n) is 1.44. The minimum Gasteiger partial charge on any atom is -0.329 e. The van der Waals surface area contributed by atoms with Crippen LogP contribution in [-0.2, 0) is 10.7 Å². The van der Waals surface area contributed by atoms with Crippen LogP contribution in [0.5, 0.6) is 0 Å². The van der Waals surface area contributed by atoms with Crippen LogP contribution in [0.2, 0.25) is 0 Å². The summed E-state index contributed by atoms with van der Waals surface area (Å²) in [5, 5.41) is 2.27. The van der Waals surface area contributed by atoms with E-state index in [0.717, 1.165) is 13.0 Å². The number of amides is 1. The Morgan fingerprint density at radius 3 is 2.85 bits per heavy atom. The summed E-state index contributed by atoms with van der Waals surface area (Å²) in [5.41, 5.74) is -0.0547. The number of nitrogens with one attached hydrogen (secondary N) is 1. The highest BCUT2D eigenvalue weighted by atomic mass is 19.3. The van der Waals surface area contributed by atoms with Gasteiger partial charge in [-0.1, -0.05) is 0 Å². The fraction of sp³-hybridized carbons (Fsp3) is 0.250. The Balaban J connectivity index is 2.98. The van der Waals surface area contributed by atoms with Crippen molar-refractivity contribution in [3.05, 3.63) is 24.0 Å². The highest BCUT2D eigenvalue weighted by Crippen LogP contribution is 2.26. The molecule has 0 aliphatic heterocycles. The predicted molar refractivity (Wildman–Crippen MR) is 43.5 cm³/mol. The molecule has 1 heterocycles. The van der Waals surface area contributed by atoms with E-state index in [-0.39, 0.29) is 5.69 Å². The zero-order valence-corrected chi connectivity index (χ0v) is 6.92. The van der Waals surface area contributed by atoms with E-state index < -0.39 is 5.92 Å². The fourth-order valence-electron chi connectivity index (χ4n) is 0.828. The van der Waals surface area contributed by atoms with E-state index in [1.165, 1.54) is 12.3 Å². The minimum absolute atomic E-state index is 0.307. The molecule has 0 saturated carbocycles. The first-order valence-electron chi connectivity index (χ1n) is 3.58. The number of rotatable bonds is 3. The van der Waals surface area contributed by atoms with Gasteiger partial charge in [0.2, 0.25) is 6.41 Å². The molecule has 70 valence electrons. The molecule has 0 fully saturated rings. The van der Waals surface area contributed by atoms with E-state index in [4.69, 9.17) is 0 Å². The van der Waals surface area contributed by atoms with Gasteiger partial charge < -0.3 is 5.32 Å². The van der Waals surface area contributed by atoms with Gasteiger partial charge in [-0.3, -0.25) is 9.78 Å². The standard InChI is InChI=1S/C8H8F2N2O/c1-8(9,10)7-4-6(12-5-13)2-3-11-7/h2-5H,1H3,(H,11,12,13). The Kier molecular flexibility index (Phi) is 2.55. The molecule has 1 rings (SSSR count). The van der Waals surface area contributed by atoms with Crippen LogP contribution in [-0.4, -0.2) is 11.4 Å². The second-order valence-corrected chi connectivity index (χ2v) is 2.58. The van der Waals surface area contributed by atoms with Gasteiger partial charge in [0.05, 0.1) is 0 Å². The molecular formula is C8H8F2N2O. The van der Waals surface area contributed by atoms with Crippen molar-refractivity contribution in [2.75, 3.05) is 5.32 Å². The topological polar surface area (TPSA) is 42.0 Å². The molecule has 3 nitrogen and oxygen atoms in total. The molecule has 0 aliphatic carbocycles. The lowest BCUT2D eigenvalue weighted by molar-refractivity contribution is -0.105. The number of halogens is 2. The zero-order valence-electron chi connectivity index (χ0n) is 6.92. The van der Waals surface area contributed by atoms with Gasteiger partial charge in [-0.05, 0) is 12.1 Å². The molecule has 5 heteroatoms. The number of alkyl halides is 2. The monoisotopic (exact) mass is 186 g/mol. The molecule has 1 aromatic rings. The van der Waals surface area contributed by atoms with Crippen LogP contribution in [0.1, 0.15) is 12.6 Å². The number of hydrogen-bond acceptors (Lipinski definition) is 2. The first-order chi connectivity index (χ1) is 6.04. The van der Waals surface area contributed by atoms with Crippen LogP contribution in [0.15, 0.2) is 18.3 Å². The maximum Gasteiger partial charge on any atom is 0.287 e. The number of hydrogen-bond donors (Lipinski definition) is 1. The second kappa shape index (κ2) is 3.47. The molecule has 1 amide bonds. The summed E-state index contributed by atoms with van der Waals surface area (Å²) in [7, 11) is 0. The number of nitrogens with zero attached hydrogens (tertiary/aromatic N) is 1. The maximum absolute atomic E-state index is 12.7. The number of pyridine rings is 1. The summed E-state index contributed by atoms with van der Waals surface area (Å²) in [4.78, 5) is 13.5. The number of anilines is 1. The molecule has 0 radical (unpaired) electrons. The summed E-state index contributed by atoms with van der Waals surface area (Å²) in [6.45, 7) is 0.750. The lowest BCUT2D eigenvalue weighted by atomic mass is 10.2. The van der Waals surface area contributed by atoms with Gasteiger partial charge in [-0.2, -0.15) is 8.78 Å². The Labute approximate surface area is 73.8 Å². The number of carbonyl (C=O) groups is 1. The fourth-order valence-corrected chi connectivity index (χ4v) is 0.828. The van der Waals surface area contributed by atoms with Gasteiger partial charge >= 0.3 is 0 Å². The zero-order chi connectivity index (χ0) is 9.90. The SMILES string of the molecule is CC(F)(F)c1cc(NC=O)ccn1. The quantitative estimate of drug-likeness (QED) is 0.731. The summed E-state index contributed by atoms with van der Waals surface area (Å²) < 4.78 is 25.4. The van der Waals surface area contributed by atoms with Crippen molar-refractivity contribution in [1.82, 2.24) is 4.98 Å². The molecular weight excluding hydrogens is 178 g/mol. The highest BCUT2D eigenvalue weighted by Gasteiger charge is 2.25. The number of carbonyl (C=O) groups excluding carboxylic acids is 1. The molecule has 1 aromatic heterocycles. The third kappa shape index (κ3) is 2.47. The molecule has 1 N–H and O–H groups in total. The molecule has 0 aliphatic rings. The smallest absolute Gasteiger partial charge is 0.287 e. The van der Waals surface area contributed by atoms with E-state index in [0.29, 0.717) is 12.1 Å². The molecule has 0 aromatic carbocycles. The highest BCUT2D eigenvalue weighted by molar-refractivity contribution is 5.70. The van der Waals surface area contributed by atoms with E-state index >= 15 is 0 Å². The third-order valence-corrected chi connectivity index (χ3v) is 1.44. The van der Waals surface area contributed by atoms with E-state index in [2.05, 4.69) is 10.3 Å². The maximum atomic E-state index is 12.7. The van der Waals surface area contributed by atoms with Crippen LogP contribution < -0.4 is 5.32 Å². The van der Waals surface area contributed by atoms with Gasteiger partial charge in [0.1, 0.15) is 5.69 Å². The van der Waals surface area contributed by atoms with Crippen LogP contribution in [0, 0.1) is 0 Å². The van der Waals surface area contributed by atoms with E-state index in [9.17, 15) is 13.6 Å². The van der Waals surface area contributed by atoms with Gasteiger partial charge in [-0.25, -0.2) is 0 Å². The van der Waals surface area contributed by atoms with Gasteiger partial charge in [0.25, 0.3) is 5.92 Å². The minimum atomic E-state index is -2.99. The van der Waals surface area contributed by atoms with Gasteiger partial charge in [-0.15, -0.1) is 0 Å². The van der Waals surface area contributed by atoms with E-state index in [1.54, 1.807) is 0 Å². The van der Waals surface area contributed by atoms with E-state index in [1.807, 2.05) is 0 Å². The van der Waals surface area contributed by atoms with Crippen molar-refractivity contribution in [1.29, 1.82) is 0 Å². The Hall–Kier alpha value is -1.52. The van der Waals surface area contributed by atoms with Gasteiger partial charge in [0, 0.05) is 18.8 Å². The first kappa shape index (κ1) is 9.57. The van der Waals surface area contributed by atoms with Crippen molar-refractivity contribution in [2.45, 2.75) is 12.8 Å². The van der Waals surface area contributed by atoms with Crippen molar-refractivity contribution in [3.63, 3.8) is 0 Å². The van der Waals surface area contributed by atoms with Crippen LogP contribution in [0.3, 0.4) is 0 Å². The molecule has 0 saturated heterocycles. The largest absolute Gasteiger partial charge is 0.329 e. The van der Waals surface area contributed by atoms with Crippen LogP contribution in [0.4, 0.5) is 14.5 Å². The average Bonchev–Trinajstić information content (AvgIpc) is 2.04. The van der Waals surface area contributed by atoms with Crippen molar-refractivity contribution in [3.8, 4) is 0 Å². The first-order valence-corrected chi connectivity index (χ1v) is 3.58. The summed E-state index contributed by atoms with van der Waals surface area (Å²) in [6.07, 6.45) is 1.64. The Bertz CT molecular complexity index is 309. The van der Waals surface area contributed by atoms with Crippen molar-refractivity contribution in [2.24, 2.45) is 0 Å². The molecule has 0 spiro atoms. The van der Waals surface area contributed by atoms with Crippen LogP contribution in [0.25, 0.3) is 0 Å². The lowest BCUT2D eigenvalue weighted by Gasteiger charge is -2.09. The summed E-state index contributed by atoms with van der Waals surface area (Å²) in [6, 6.07) is 2.57. The molecule has 0 unspecified atom stereocenters.